The molecule has 2 unspecified atom stereocenters. The molecule has 0 saturated carbocycles. The standard InChI is InChI=1S/C18H27N3O.ClH/c22-18(17-10-6-11-19-17)20-13-16-9-4-5-12-21(16)14-15-7-2-1-3-8-15;/h1-3,7-8,16-17,19H,4-6,9-14H2,(H,20,22);1H. The molecule has 0 aliphatic carbocycles. The van der Waals surface area contributed by atoms with E-state index in [2.05, 4.69) is 45.9 Å². The van der Waals surface area contributed by atoms with Crippen molar-refractivity contribution < 1.29 is 4.79 Å². The molecule has 2 N–H and O–H groups in total. The molecule has 0 bridgehead atoms. The fourth-order valence-corrected chi connectivity index (χ4v) is 3.57. The van der Waals surface area contributed by atoms with Crippen LogP contribution in [-0.2, 0) is 11.3 Å². The smallest absolute Gasteiger partial charge is 0.237 e. The molecule has 2 aliphatic rings. The highest BCUT2D eigenvalue weighted by Gasteiger charge is 2.26. The fraction of sp³-hybridized carbons (Fsp3) is 0.611. The van der Waals surface area contributed by atoms with Gasteiger partial charge in [0.2, 0.25) is 5.91 Å². The van der Waals surface area contributed by atoms with Crippen molar-refractivity contribution in [2.45, 2.75) is 50.7 Å². The van der Waals surface area contributed by atoms with Crippen LogP contribution in [0.1, 0.15) is 37.7 Å². The molecule has 4 nitrogen and oxygen atoms in total. The first kappa shape index (κ1) is 18.2. The van der Waals surface area contributed by atoms with Crippen molar-refractivity contribution in [3.63, 3.8) is 0 Å². The van der Waals surface area contributed by atoms with Gasteiger partial charge in [-0.2, -0.15) is 0 Å². The Morgan fingerprint density at radius 1 is 1.17 bits per heavy atom. The molecule has 2 atom stereocenters. The van der Waals surface area contributed by atoms with Gasteiger partial charge in [-0.3, -0.25) is 9.69 Å². The van der Waals surface area contributed by atoms with Crippen LogP contribution in [-0.4, -0.2) is 42.5 Å². The number of carbonyl (C=O) groups is 1. The zero-order valence-corrected chi connectivity index (χ0v) is 14.5. The molecule has 23 heavy (non-hydrogen) atoms. The van der Waals surface area contributed by atoms with Crippen molar-refractivity contribution in [2.75, 3.05) is 19.6 Å². The minimum Gasteiger partial charge on any atom is -0.353 e. The summed E-state index contributed by atoms with van der Waals surface area (Å²) in [4.78, 5) is 14.7. The molecule has 2 aliphatic heterocycles. The third-order valence-electron chi connectivity index (χ3n) is 4.87. The maximum absolute atomic E-state index is 12.2. The van der Waals surface area contributed by atoms with Crippen molar-refractivity contribution in [2.24, 2.45) is 0 Å². The van der Waals surface area contributed by atoms with Gasteiger partial charge < -0.3 is 10.6 Å². The van der Waals surface area contributed by atoms with E-state index in [0.717, 1.165) is 39.0 Å². The summed E-state index contributed by atoms with van der Waals surface area (Å²) < 4.78 is 0. The van der Waals surface area contributed by atoms with Crippen molar-refractivity contribution in [1.82, 2.24) is 15.5 Å². The van der Waals surface area contributed by atoms with E-state index in [4.69, 9.17) is 0 Å². The summed E-state index contributed by atoms with van der Waals surface area (Å²) in [5, 5.41) is 6.44. The van der Waals surface area contributed by atoms with E-state index in [1.807, 2.05) is 0 Å². The Kier molecular flexibility index (Phi) is 7.34. The second-order valence-corrected chi connectivity index (χ2v) is 6.50. The number of nitrogens with zero attached hydrogens (tertiary/aromatic N) is 1. The molecule has 2 saturated heterocycles. The summed E-state index contributed by atoms with van der Waals surface area (Å²) >= 11 is 0. The van der Waals surface area contributed by atoms with Crippen LogP contribution in [0.5, 0.6) is 0 Å². The molecule has 1 amide bonds. The monoisotopic (exact) mass is 337 g/mol. The molecule has 2 heterocycles. The average molecular weight is 338 g/mol. The summed E-state index contributed by atoms with van der Waals surface area (Å²) in [6, 6.07) is 11.1. The Hall–Kier alpha value is -1.10. The molecule has 5 heteroatoms. The number of halogens is 1. The number of hydrogen-bond donors (Lipinski definition) is 2. The van der Waals surface area contributed by atoms with Gasteiger partial charge in [0, 0.05) is 19.1 Å². The Morgan fingerprint density at radius 2 is 2.00 bits per heavy atom. The first-order chi connectivity index (χ1) is 10.8. The molecular formula is C18H28ClN3O. The van der Waals surface area contributed by atoms with Crippen molar-refractivity contribution in [3.05, 3.63) is 35.9 Å². The Labute approximate surface area is 145 Å². The van der Waals surface area contributed by atoms with Crippen molar-refractivity contribution in [3.8, 4) is 0 Å². The van der Waals surface area contributed by atoms with E-state index in [0.29, 0.717) is 6.04 Å². The number of carbonyl (C=O) groups excluding carboxylic acids is 1. The molecule has 128 valence electrons. The maximum atomic E-state index is 12.2. The van der Waals surface area contributed by atoms with E-state index in [-0.39, 0.29) is 24.4 Å². The topological polar surface area (TPSA) is 44.4 Å². The lowest BCUT2D eigenvalue weighted by Gasteiger charge is -2.36. The number of likely N-dealkylation sites (tertiary alicyclic amines) is 1. The van der Waals surface area contributed by atoms with Crippen molar-refractivity contribution in [1.29, 1.82) is 0 Å². The van der Waals surface area contributed by atoms with E-state index >= 15 is 0 Å². The Balaban J connectivity index is 0.00000192. The van der Waals surface area contributed by atoms with Crippen LogP contribution in [0.4, 0.5) is 0 Å². The van der Waals surface area contributed by atoms with E-state index in [1.165, 1.54) is 24.8 Å². The van der Waals surface area contributed by atoms with Crippen LogP contribution in [0.3, 0.4) is 0 Å². The van der Waals surface area contributed by atoms with E-state index < -0.39 is 0 Å². The number of amides is 1. The molecule has 0 aromatic heterocycles. The van der Waals surface area contributed by atoms with Crippen LogP contribution in [0.15, 0.2) is 30.3 Å². The quantitative estimate of drug-likeness (QED) is 0.866. The van der Waals surface area contributed by atoms with Gasteiger partial charge in [0.1, 0.15) is 0 Å². The van der Waals surface area contributed by atoms with Crippen LogP contribution in [0, 0.1) is 0 Å². The first-order valence-corrected chi connectivity index (χ1v) is 8.62. The lowest BCUT2D eigenvalue weighted by molar-refractivity contribution is -0.123. The third-order valence-corrected chi connectivity index (χ3v) is 4.87. The highest BCUT2D eigenvalue weighted by molar-refractivity contribution is 5.85. The molecular weight excluding hydrogens is 310 g/mol. The molecule has 2 fully saturated rings. The van der Waals surface area contributed by atoms with Gasteiger partial charge in [-0.25, -0.2) is 0 Å². The number of rotatable bonds is 5. The van der Waals surface area contributed by atoms with Crippen LogP contribution >= 0.6 is 12.4 Å². The third kappa shape index (κ3) is 5.20. The Morgan fingerprint density at radius 3 is 2.74 bits per heavy atom. The second-order valence-electron chi connectivity index (χ2n) is 6.50. The zero-order valence-electron chi connectivity index (χ0n) is 13.7. The predicted molar refractivity (Wildman–Crippen MR) is 95.8 cm³/mol. The largest absolute Gasteiger partial charge is 0.353 e. The van der Waals surface area contributed by atoms with Gasteiger partial charge in [-0.15, -0.1) is 12.4 Å². The van der Waals surface area contributed by atoms with Crippen LogP contribution in [0.2, 0.25) is 0 Å². The minimum absolute atomic E-state index is 0. The van der Waals surface area contributed by atoms with Crippen LogP contribution in [0.25, 0.3) is 0 Å². The number of benzene rings is 1. The minimum atomic E-state index is 0. The number of nitrogens with one attached hydrogen (secondary N) is 2. The van der Waals surface area contributed by atoms with Gasteiger partial charge in [0.15, 0.2) is 0 Å². The number of hydrogen-bond acceptors (Lipinski definition) is 3. The van der Waals surface area contributed by atoms with E-state index in [1.54, 1.807) is 0 Å². The summed E-state index contributed by atoms with van der Waals surface area (Å²) in [7, 11) is 0. The van der Waals surface area contributed by atoms with Gasteiger partial charge >= 0.3 is 0 Å². The van der Waals surface area contributed by atoms with Gasteiger partial charge in [-0.05, 0) is 44.3 Å². The molecule has 3 rings (SSSR count). The average Bonchev–Trinajstić information content (AvgIpc) is 3.09. The zero-order chi connectivity index (χ0) is 15.2. The predicted octanol–water partition coefficient (Wildman–Crippen LogP) is 2.33. The maximum Gasteiger partial charge on any atom is 0.237 e. The van der Waals surface area contributed by atoms with Gasteiger partial charge in [0.25, 0.3) is 0 Å². The lowest BCUT2D eigenvalue weighted by Crippen LogP contribution is -2.49. The summed E-state index contributed by atoms with van der Waals surface area (Å²) in [5.74, 6) is 0.183. The first-order valence-electron chi connectivity index (χ1n) is 8.62. The van der Waals surface area contributed by atoms with Gasteiger partial charge in [-0.1, -0.05) is 36.8 Å². The van der Waals surface area contributed by atoms with E-state index in [9.17, 15) is 4.79 Å². The van der Waals surface area contributed by atoms with Gasteiger partial charge in [0.05, 0.1) is 6.04 Å². The second kappa shape index (κ2) is 9.26. The summed E-state index contributed by atoms with van der Waals surface area (Å²) in [6.45, 7) is 3.88. The molecule has 1 aromatic rings. The normalized spacial score (nSPS) is 24.9. The molecule has 0 spiro atoms. The van der Waals surface area contributed by atoms with Crippen molar-refractivity contribution >= 4 is 18.3 Å². The lowest BCUT2D eigenvalue weighted by atomic mass is 10.0. The highest BCUT2D eigenvalue weighted by atomic mass is 35.5. The highest BCUT2D eigenvalue weighted by Crippen LogP contribution is 2.19. The molecule has 0 radical (unpaired) electrons. The SMILES string of the molecule is Cl.O=C(NCC1CCCCN1Cc1ccccc1)C1CCCN1. The number of piperidine rings is 1. The summed E-state index contributed by atoms with van der Waals surface area (Å²) in [6.07, 6.45) is 5.81. The Bertz CT molecular complexity index is 476. The summed E-state index contributed by atoms with van der Waals surface area (Å²) in [5.41, 5.74) is 1.36. The fourth-order valence-electron chi connectivity index (χ4n) is 3.57. The molecule has 1 aromatic carbocycles. The van der Waals surface area contributed by atoms with Crippen LogP contribution < -0.4 is 10.6 Å².